The van der Waals surface area contributed by atoms with Crippen molar-refractivity contribution < 1.29 is 57.1 Å². The van der Waals surface area contributed by atoms with E-state index in [1.807, 2.05) is 6.92 Å². The number of allylic oxidation sites excluding steroid dienone is 4. The van der Waals surface area contributed by atoms with E-state index in [1.54, 1.807) is 0 Å². The van der Waals surface area contributed by atoms with Gasteiger partial charge in [0.15, 0.2) is 6.29 Å². The fourth-order valence-corrected chi connectivity index (χ4v) is 5.85. The van der Waals surface area contributed by atoms with Crippen LogP contribution in [0.2, 0.25) is 0 Å². The van der Waals surface area contributed by atoms with Crippen molar-refractivity contribution in [1.29, 1.82) is 0 Å². The van der Waals surface area contributed by atoms with Crippen molar-refractivity contribution in [2.45, 2.75) is 97.4 Å². The highest BCUT2D eigenvalue weighted by atomic mass is 31.3. The van der Waals surface area contributed by atoms with Crippen LogP contribution >= 0.6 is 15.6 Å². The fourth-order valence-electron chi connectivity index (χ4n) is 3.68. The standard InChI is InChI=1S/C23H43NO12P2/c1-15(2)8-6-9-16(3)10-7-11-17(4)12-13-33-37(29,30)36-38(31,32)35-23-20(24-18(5)26)22(28)21(27)19(14-25)34-23/h8,10,17,19-23,25,27-28H,6-7,9,11-14H2,1-5H3,(H,24,26)(H,29,30)(H,31,32). The predicted octanol–water partition coefficient (Wildman–Crippen LogP) is 2.68. The maximum atomic E-state index is 12.4. The Morgan fingerprint density at radius 1 is 1.03 bits per heavy atom. The average molecular weight is 588 g/mol. The quantitative estimate of drug-likeness (QED) is 0.114. The van der Waals surface area contributed by atoms with Crippen LogP contribution in [-0.2, 0) is 32.0 Å². The summed E-state index contributed by atoms with van der Waals surface area (Å²) in [7, 11) is -10.4. The molecule has 38 heavy (non-hydrogen) atoms. The second-order valence-corrected chi connectivity index (χ2v) is 12.7. The molecular formula is C23H43NO12P2. The molecule has 1 fully saturated rings. The minimum Gasteiger partial charge on any atom is -0.394 e. The zero-order valence-electron chi connectivity index (χ0n) is 22.6. The highest BCUT2D eigenvalue weighted by Crippen LogP contribution is 2.61. The molecule has 6 N–H and O–H groups in total. The van der Waals surface area contributed by atoms with Crippen LogP contribution in [0.1, 0.15) is 66.7 Å². The number of ether oxygens (including phenoxy) is 1. The molecule has 222 valence electrons. The minimum atomic E-state index is -5.36. The number of hydrogen-bond acceptors (Lipinski definition) is 10. The van der Waals surface area contributed by atoms with Crippen molar-refractivity contribution in [3.63, 3.8) is 0 Å². The Balaban J connectivity index is 2.59. The fraction of sp³-hybridized carbons (Fsp3) is 0.783. The molecule has 0 aromatic heterocycles. The number of hydrogen-bond donors (Lipinski definition) is 6. The van der Waals surface area contributed by atoms with Gasteiger partial charge in [-0.05, 0) is 58.8 Å². The van der Waals surface area contributed by atoms with Crippen LogP contribution in [0, 0.1) is 5.92 Å². The third-order valence-corrected chi connectivity index (χ3v) is 8.44. The van der Waals surface area contributed by atoms with Crippen LogP contribution in [-0.4, -0.2) is 74.9 Å². The first-order valence-corrected chi connectivity index (χ1v) is 15.4. The van der Waals surface area contributed by atoms with Crippen LogP contribution in [0.15, 0.2) is 23.3 Å². The maximum absolute atomic E-state index is 12.4. The Kier molecular flexibility index (Phi) is 15.1. The van der Waals surface area contributed by atoms with Crippen LogP contribution in [0.4, 0.5) is 0 Å². The minimum absolute atomic E-state index is 0.131. The smallest absolute Gasteiger partial charge is 0.394 e. The van der Waals surface area contributed by atoms with E-state index in [-0.39, 0.29) is 12.5 Å². The summed E-state index contributed by atoms with van der Waals surface area (Å²) in [5.74, 6) is -0.569. The highest BCUT2D eigenvalue weighted by molar-refractivity contribution is 7.61. The molecule has 0 aliphatic carbocycles. The molecule has 8 unspecified atom stereocenters. The number of carbonyl (C=O) groups is 1. The SMILES string of the molecule is CC(=O)NC1C(OP(=O)(O)OP(=O)(O)OCCC(C)CCC=C(C)CCC=C(C)C)OC(CO)C(O)C1O. The topological polar surface area (TPSA) is 201 Å². The number of phosphoric ester groups is 2. The molecule has 15 heteroatoms. The van der Waals surface area contributed by atoms with Gasteiger partial charge in [-0.3, -0.25) is 13.8 Å². The van der Waals surface area contributed by atoms with Crippen LogP contribution in [0.25, 0.3) is 0 Å². The van der Waals surface area contributed by atoms with E-state index in [0.717, 1.165) is 32.6 Å². The molecule has 0 bridgehead atoms. The molecule has 13 nitrogen and oxygen atoms in total. The van der Waals surface area contributed by atoms with Gasteiger partial charge in [0.2, 0.25) is 5.91 Å². The van der Waals surface area contributed by atoms with Gasteiger partial charge in [-0.2, -0.15) is 4.31 Å². The van der Waals surface area contributed by atoms with Crippen molar-refractivity contribution in [2.75, 3.05) is 13.2 Å². The zero-order chi connectivity index (χ0) is 29.1. The summed E-state index contributed by atoms with van der Waals surface area (Å²) in [5, 5.41) is 31.7. The van der Waals surface area contributed by atoms with Crippen LogP contribution in [0.5, 0.6) is 0 Å². The number of aliphatic hydroxyl groups is 3. The molecule has 1 aliphatic rings. The Hall–Kier alpha value is -0.950. The maximum Gasteiger partial charge on any atom is 0.483 e. The lowest BCUT2D eigenvalue weighted by atomic mass is 9.97. The van der Waals surface area contributed by atoms with E-state index in [2.05, 4.69) is 42.6 Å². The number of aliphatic hydroxyl groups excluding tert-OH is 3. The number of phosphoric acid groups is 2. The Morgan fingerprint density at radius 3 is 2.26 bits per heavy atom. The summed E-state index contributed by atoms with van der Waals surface area (Å²) >= 11 is 0. The lowest BCUT2D eigenvalue weighted by Crippen LogP contribution is -2.64. The molecule has 0 aromatic rings. The normalized spacial score (nSPS) is 28.2. The lowest BCUT2D eigenvalue weighted by Gasteiger charge is -2.42. The number of carbonyl (C=O) groups excluding carboxylic acids is 1. The number of rotatable bonds is 16. The van der Waals surface area contributed by atoms with E-state index >= 15 is 0 Å². The van der Waals surface area contributed by atoms with Gasteiger partial charge in [0.25, 0.3) is 0 Å². The molecule has 8 atom stereocenters. The molecule has 0 spiro atoms. The zero-order valence-corrected chi connectivity index (χ0v) is 24.3. The molecule has 1 saturated heterocycles. The summed E-state index contributed by atoms with van der Waals surface area (Å²) in [5.41, 5.74) is 2.57. The van der Waals surface area contributed by atoms with Gasteiger partial charge in [0, 0.05) is 6.92 Å². The van der Waals surface area contributed by atoms with Gasteiger partial charge < -0.3 is 35.2 Å². The molecule has 0 radical (unpaired) electrons. The van der Waals surface area contributed by atoms with Crippen molar-refractivity contribution in [3.05, 3.63) is 23.3 Å². The molecule has 1 aliphatic heterocycles. The van der Waals surface area contributed by atoms with Crippen LogP contribution in [0.3, 0.4) is 0 Å². The van der Waals surface area contributed by atoms with E-state index in [0.29, 0.717) is 6.42 Å². The van der Waals surface area contributed by atoms with Crippen LogP contribution < -0.4 is 5.32 Å². The van der Waals surface area contributed by atoms with E-state index in [9.17, 15) is 39.0 Å². The first-order valence-electron chi connectivity index (χ1n) is 12.4. The van der Waals surface area contributed by atoms with Gasteiger partial charge in [0.05, 0.1) is 13.2 Å². The predicted molar refractivity (Wildman–Crippen MR) is 139 cm³/mol. The molecule has 1 rings (SSSR count). The van der Waals surface area contributed by atoms with Crippen molar-refractivity contribution in [1.82, 2.24) is 5.32 Å². The highest BCUT2D eigenvalue weighted by Gasteiger charge is 2.49. The Bertz CT molecular complexity index is 907. The summed E-state index contributed by atoms with van der Waals surface area (Å²) in [6, 6.07) is -1.56. The van der Waals surface area contributed by atoms with E-state index in [4.69, 9.17) is 13.8 Å². The molecular weight excluding hydrogens is 544 g/mol. The average Bonchev–Trinajstić information content (AvgIpc) is 2.77. The lowest BCUT2D eigenvalue weighted by molar-refractivity contribution is -0.247. The van der Waals surface area contributed by atoms with Gasteiger partial charge in [0.1, 0.15) is 24.4 Å². The Morgan fingerprint density at radius 2 is 1.68 bits per heavy atom. The largest absolute Gasteiger partial charge is 0.483 e. The molecule has 0 aromatic carbocycles. The molecule has 1 amide bonds. The second-order valence-electron chi connectivity index (χ2n) is 9.73. The third-order valence-electron chi connectivity index (χ3n) is 5.80. The summed E-state index contributed by atoms with van der Waals surface area (Å²) < 4.78 is 43.7. The molecule has 1 heterocycles. The first kappa shape index (κ1) is 35.1. The number of amides is 1. The van der Waals surface area contributed by atoms with Crippen molar-refractivity contribution >= 4 is 21.6 Å². The van der Waals surface area contributed by atoms with Gasteiger partial charge >= 0.3 is 15.6 Å². The van der Waals surface area contributed by atoms with Crippen molar-refractivity contribution in [3.8, 4) is 0 Å². The second kappa shape index (κ2) is 16.3. The van der Waals surface area contributed by atoms with Gasteiger partial charge in [-0.1, -0.05) is 30.2 Å². The van der Waals surface area contributed by atoms with Gasteiger partial charge in [-0.15, -0.1) is 0 Å². The van der Waals surface area contributed by atoms with Crippen molar-refractivity contribution in [2.24, 2.45) is 5.92 Å². The summed E-state index contributed by atoms with van der Waals surface area (Å²) in [6.07, 6.45) is 1.58. The molecule has 0 saturated carbocycles. The Labute approximate surface area is 224 Å². The van der Waals surface area contributed by atoms with E-state index < -0.39 is 58.8 Å². The van der Waals surface area contributed by atoms with Gasteiger partial charge in [-0.25, -0.2) is 9.13 Å². The third kappa shape index (κ3) is 13.4. The summed E-state index contributed by atoms with van der Waals surface area (Å²) in [6.45, 7) is 8.18. The first-order chi connectivity index (χ1) is 17.6. The monoisotopic (exact) mass is 587 g/mol. The van der Waals surface area contributed by atoms with E-state index in [1.165, 1.54) is 11.1 Å². The summed E-state index contributed by atoms with van der Waals surface area (Å²) in [4.78, 5) is 31.4. The number of nitrogens with one attached hydrogen (secondary N) is 1.